The lowest BCUT2D eigenvalue weighted by atomic mass is 10.2. The fourth-order valence-electron chi connectivity index (χ4n) is 2.99. The summed E-state index contributed by atoms with van der Waals surface area (Å²) in [6.45, 7) is 0.376. The smallest absolute Gasteiger partial charge is 0.337 e. The molecule has 1 fully saturated rings. The lowest BCUT2D eigenvalue weighted by Crippen LogP contribution is -2.39. The standard InChI is InChI=1S/C20H21N3O5/c1-27-17-5-3-4-16(11-17)23-12-15(10-18(23)24)22-20(26)21-14-8-6-13(7-9-14)19(25)28-2/h3-9,11,15H,10,12H2,1-2H3,(H2,21,22,26)/t15-/m1/s1. The van der Waals surface area contributed by atoms with Crippen LogP contribution in [0.2, 0.25) is 0 Å². The second-order valence-electron chi connectivity index (χ2n) is 6.27. The number of urea groups is 1. The van der Waals surface area contributed by atoms with Gasteiger partial charge in [0.25, 0.3) is 0 Å². The molecule has 8 heteroatoms. The number of hydrogen-bond donors (Lipinski definition) is 2. The number of carbonyl (C=O) groups is 3. The quantitative estimate of drug-likeness (QED) is 0.773. The summed E-state index contributed by atoms with van der Waals surface area (Å²) < 4.78 is 9.83. The first-order valence-electron chi connectivity index (χ1n) is 8.70. The Balaban J connectivity index is 1.57. The molecule has 0 unspecified atom stereocenters. The van der Waals surface area contributed by atoms with Crippen LogP contribution in [0.4, 0.5) is 16.2 Å². The number of hydrogen-bond acceptors (Lipinski definition) is 5. The van der Waals surface area contributed by atoms with E-state index in [2.05, 4.69) is 15.4 Å². The summed E-state index contributed by atoms with van der Waals surface area (Å²) in [6.07, 6.45) is 0.214. The Morgan fingerprint density at radius 2 is 1.86 bits per heavy atom. The SMILES string of the molecule is COC(=O)c1ccc(NC(=O)N[C@@H]2CC(=O)N(c3cccc(OC)c3)C2)cc1. The van der Waals surface area contributed by atoms with Crippen LogP contribution in [0.1, 0.15) is 16.8 Å². The maximum atomic E-state index is 12.3. The van der Waals surface area contributed by atoms with E-state index in [0.29, 0.717) is 23.5 Å². The van der Waals surface area contributed by atoms with Crippen molar-refractivity contribution >= 4 is 29.3 Å². The van der Waals surface area contributed by atoms with E-state index in [-0.39, 0.29) is 18.4 Å². The van der Waals surface area contributed by atoms with Crippen molar-refractivity contribution in [3.05, 3.63) is 54.1 Å². The minimum Gasteiger partial charge on any atom is -0.497 e. The van der Waals surface area contributed by atoms with Crippen LogP contribution in [0.15, 0.2) is 48.5 Å². The van der Waals surface area contributed by atoms with Gasteiger partial charge in [0.05, 0.1) is 25.8 Å². The zero-order chi connectivity index (χ0) is 20.1. The van der Waals surface area contributed by atoms with Crippen molar-refractivity contribution in [3.63, 3.8) is 0 Å². The van der Waals surface area contributed by atoms with E-state index in [4.69, 9.17) is 4.74 Å². The third kappa shape index (κ3) is 4.40. The molecule has 28 heavy (non-hydrogen) atoms. The van der Waals surface area contributed by atoms with Crippen LogP contribution in [0, 0.1) is 0 Å². The molecule has 0 aromatic heterocycles. The van der Waals surface area contributed by atoms with E-state index in [1.54, 1.807) is 48.4 Å². The molecule has 1 heterocycles. The van der Waals surface area contributed by atoms with Gasteiger partial charge < -0.3 is 25.0 Å². The molecular formula is C20H21N3O5. The number of carbonyl (C=O) groups excluding carboxylic acids is 3. The maximum Gasteiger partial charge on any atom is 0.337 e. The van der Waals surface area contributed by atoms with E-state index in [1.165, 1.54) is 7.11 Å². The van der Waals surface area contributed by atoms with Gasteiger partial charge in [-0.1, -0.05) is 6.07 Å². The number of methoxy groups -OCH3 is 2. The molecule has 1 aliphatic heterocycles. The number of rotatable bonds is 5. The molecule has 2 aromatic carbocycles. The van der Waals surface area contributed by atoms with Gasteiger partial charge in [0.2, 0.25) is 5.91 Å². The van der Waals surface area contributed by atoms with Gasteiger partial charge in [-0.2, -0.15) is 0 Å². The number of anilines is 2. The molecule has 3 amide bonds. The zero-order valence-corrected chi connectivity index (χ0v) is 15.6. The molecule has 1 aliphatic rings. The first-order valence-corrected chi connectivity index (χ1v) is 8.70. The van der Waals surface area contributed by atoms with Crippen molar-refractivity contribution in [2.24, 2.45) is 0 Å². The number of nitrogens with one attached hydrogen (secondary N) is 2. The highest BCUT2D eigenvalue weighted by molar-refractivity contribution is 5.98. The third-order valence-corrected chi connectivity index (χ3v) is 4.39. The fourth-order valence-corrected chi connectivity index (χ4v) is 2.99. The second kappa shape index (κ2) is 8.43. The summed E-state index contributed by atoms with van der Waals surface area (Å²) >= 11 is 0. The minimum absolute atomic E-state index is 0.0685. The third-order valence-electron chi connectivity index (χ3n) is 4.39. The Kier molecular flexibility index (Phi) is 5.78. The predicted molar refractivity (Wildman–Crippen MR) is 104 cm³/mol. The Morgan fingerprint density at radius 1 is 1.11 bits per heavy atom. The van der Waals surface area contributed by atoms with E-state index >= 15 is 0 Å². The Bertz CT molecular complexity index is 882. The Morgan fingerprint density at radius 3 is 2.54 bits per heavy atom. The lowest BCUT2D eigenvalue weighted by Gasteiger charge is -2.18. The highest BCUT2D eigenvalue weighted by atomic mass is 16.5. The van der Waals surface area contributed by atoms with Crippen LogP contribution in [0.3, 0.4) is 0 Å². The average molecular weight is 383 g/mol. The molecule has 2 N–H and O–H groups in total. The summed E-state index contributed by atoms with van der Waals surface area (Å²) in [7, 11) is 2.87. The maximum absolute atomic E-state index is 12.3. The van der Waals surface area contributed by atoms with Gasteiger partial charge in [-0.15, -0.1) is 0 Å². The van der Waals surface area contributed by atoms with Crippen LogP contribution in [0.5, 0.6) is 5.75 Å². The summed E-state index contributed by atoms with van der Waals surface area (Å²) in [6, 6.07) is 12.8. The zero-order valence-electron chi connectivity index (χ0n) is 15.6. The van der Waals surface area contributed by atoms with Crippen molar-refractivity contribution in [2.45, 2.75) is 12.5 Å². The van der Waals surface area contributed by atoms with Crippen molar-refractivity contribution in [2.75, 3.05) is 31.0 Å². The first-order chi connectivity index (χ1) is 13.5. The van der Waals surface area contributed by atoms with Gasteiger partial charge in [0.15, 0.2) is 0 Å². The molecule has 0 spiro atoms. The summed E-state index contributed by atoms with van der Waals surface area (Å²) in [4.78, 5) is 37.6. The summed E-state index contributed by atoms with van der Waals surface area (Å²) in [5.74, 6) is 0.147. The summed E-state index contributed by atoms with van der Waals surface area (Å²) in [5.41, 5.74) is 1.65. The molecule has 3 rings (SSSR count). The Labute approximate surface area is 162 Å². The van der Waals surface area contributed by atoms with Crippen molar-refractivity contribution in [3.8, 4) is 5.75 Å². The van der Waals surface area contributed by atoms with Crippen LogP contribution in [-0.2, 0) is 9.53 Å². The summed E-state index contributed by atoms with van der Waals surface area (Å²) in [5, 5.41) is 5.49. The van der Waals surface area contributed by atoms with Crippen molar-refractivity contribution in [1.29, 1.82) is 0 Å². The van der Waals surface area contributed by atoms with Crippen LogP contribution in [-0.4, -0.2) is 44.7 Å². The molecule has 0 bridgehead atoms. The van der Waals surface area contributed by atoms with Gasteiger partial charge in [0, 0.05) is 30.4 Å². The van der Waals surface area contributed by atoms with E-state index in [9.17, 15) is 14.4 Å². The minimum atomic E-state index is -0.446. The second-order valence-corrected chi connectivity index (χ2v) is 6.27. The molecule has 0 aliphatic carbocycles. The van der Waals surface area contributed by atoms with Gasteiger partial charge in [0.1, 0.15) is 5.75 Å². The average Bonchev–Trinajstić information content (AvgIpc) is 3.07. The van der Waals surface area contributed by atoms with E-state index in [0.717, 1.165) is 5.69 Å². The van der Waals surface area contributed by atoms with Gasteiger partial charge in [-0.25, -0.2) is 9.59 Å². The molecule has 0 saturated carbocycles. The van der Waals surface area contributed by atoms with Crippen LogP contribution in [0.25, 0.3) is 0 Å². The van der Waals surface area contributed by atoms with Crippen molar-refractivity contribution < 1.29 is 23.9 Å². The van der Waals surface area contributed by atoms with E-state index < -0.39 is 12.0 Å². The number of ether oxygens (including phenoxy) is 2. The lowest BCUT2D eigenvalue weighted by molar-refractivity contribution is -0.117. The van der Waals surface area contributed by atoms with Crippen LogP contribution >= 0.6 is 0 Å². The van der Waals surface area contributed by atoms with Gasteiger partial charge in [-0.05, 0) is 36.4 Å². The Hall–Kier alpha value is -3.55. The fraction of sp³-hybridized carbons (Fsp3) is 0.250. The molecular weight excluding hydrogens is 362 g/mol. The molecule has 8 nitrogen and oxygen atoms in total. The van der Waals surface area contributed by atoms with Crippen molar-refractivity contribution in [1.82, 2.24) is 5.32 Å². The first kappa shape index (κ1) is 19.2. The number of amides is 3. The molecule has 2 aromatic rings. The molecule has 0 radical (unpaired) electrons. The largest absolute Gasteiger partial charge is 0.497 e. The van der Waals surface area contributed by atoms with Crippen LogP contribution < -0.4 is 20.3 Å². The highest BCUT2D eigenvalue weighted by Crippen LogP contribution is 2.25. The molecule has 1 atom stereocenters. The molecule has 1 saturated heterocycles. The number of nitrogens with zero attached hydrogens (tertiary/aromatic N) is 1. The number of benzene rings is 2. The number of esters is 1. The topological polar surface area (TPSA) is 97.0 Å². The van der Waals surface area contributed by atoms with Gasteiger partial charge >= 0.3 is 12.0 Å². The molecule has 146 valence electrons. The van der Waals surface area contributed by atoms with Gasteiger partial charge in [-0.3, -0.25) is 4.79 Å². The van der Waals surface area contributed by atoms with E-state index in [1.807, 2.05) is 12.1 Å². The normalized spacial score (nSPS) is 15.9. The highest BCUT2D eigenvalue weighted by Gasteiger charge is 2.31. The monoisotopic (exact) mass is 383 g/mol. The predicted octanol–water partition coefficient (Wildman–Crippen LogP) is 2.41.